The number of anilines is 2. The van der Waals surface area contributed by atoms with Gasteiger partial charge in [0, 0.05) is 0 Å². The molecule has 1 aliphatic heterocycles. The van der Waals surface area contributed by atoms with Crippen molar-refractivity contribution < 1.29 is 9.47 Å². The second kappa shape index (κ2) is 6.89. The van der Waals surface area contributed by atoms with Crippen LogP contribution in [-0.2, 0) is 6.42 Å². The van der Waals surface area contributed by atoms with Crippen LogP contribution in [0.5, 0.6) is 17.2 Å². The zero-order chi connectivity index (χ0) is 17.1. The zero-order valence-electron chi connectivity index (χ0n) is 14.3. The van der Waals surface area contributed by atoms with E-state index in [9.17, 15) is 0 Å². The Bertz CT molecular complexity index is 812. The summed E-state index contributed by atoms with van der Waals surface area (Å²) < 4.78 is 12.0. The van der Waals surface area contributed by atoms with Crippen LogP contribution in [0.3, 0.4) is 0 Å². The van der Waals surface area contributed by atoms with E-state index in [2.05, 4.69) is 36.1 Å². The van der Waals surface area contributed by atoms with Crippen LogP contribution in [0.1, 0.15) is 12.5 Å². The molecule has 0 N–H and O–H groups in total. The molecule has 0 spiro atoms. The molecule has 0 saturated carbocycles. The molecule has 0 aromatic heterocycles. The van der Waals surface area contributed by atoms with Gasteiger partial charge in [-0.25, -0.2) is 0 Å². The summed E-state index contributed by atoms with van der Waals surface area (Å²) in [6, 6.07) is 24.6. The Hall–Kier alpha value is -2.94. The van der Waals surface area contributed by atoms with E-state index in [1.54, 1.807) is 0 Å². The van der Waals surface area contributed by atoms with Gasteiger partial charge in [0.1, 0.15) is 12.4 Å². The van der Waals surface area contributed by atoms with Gasteiger partial charge in [0.05, 0.1) is 17.9 Å². The third-order valence-electron chi connectivity index (χ3n) is 4.45. The van der Waals surface area contributed by atoms with Crippen molar-refractivity contribution in [1.29, 1.82) is 0 Å². The minimum atomic E-state index is 0.605. The largest absolute Gasteiger partial charge is 0.492 e. The molecule has 1 heterocycles. The lowest BCUT2D eigenvalue weighted by atomic mass is 10.1. The summed E-state index contributed by atoms with van der Waals surface area (Å²) in [7, 11) is 0. The molecule has 0 unspecified atom stereocenters. The zero-order valence-corrected chi connectivity index (χ0v) is 14.3. The van der Waals surface area contributed by atoms with Crippen LogP contribution in [0.25, 0.3) is 0 Å². The number of rotatable bonds is 5. The third kappa shape index (κ3) is 3.18. The van der Waals surface area contributed by atoms with Crippen LogP contribution >= 0.6 is 0 Å². The maximum atomic E-state index is 6.02. The molecular weight excluding hydrogens is 310 g/mol. The van der Waals surface area contributed by atoms with Crippen molar-refractivity contribution in [2.45, 2.75) is 13.3 Å². The molecule has 0 atom stereocenters. The molecule has 25 heavy (non-hydrogen) atoms. The monoisotopic (exact) mass is 331 g/mol. The molecule has 0 fully saturated rings. The standard InChI is InChI=1S/C22H21NO2/c1-2-17-11-13-18(14-12-17)24-16-15-23-19-7-3-5-9-21(19)25-22-10-6-4-8-20(22)23/h3-14H,2,15-16H2,1H3. The molecule has 1 aliphatic rings. The lowest BCUT2D eigenvalue weighted by molar-refractivity contribution is 0.326. The van der Waals surface area contributed by atoms with Gasteiger partial charge in [-0.3, -0.25) is 0 Å². The van der Waals surface area contributed by atoms with Crippen LogP contribution in [0.2, 0.25) is 0 Å². The second-order valence-electron chi connectivity index (χ2n) is 6.04. The van der Waals surface area contributed by atoms with Gasteiger partial charge in [-0.05, 0) is 48.4 Å². The Balaban J connectivity index is 1.51. The van der Waals surface area contributed by atoms with Gasteiger partial charge < -0.3 is 14.4 Å². The maximum Gasteiger partial charge on any atom is 0.151 e. The van der Waals surface area contributed by atoms with Crippen LogP contribution in [0.4, 0.5) is 11.4 Å². The number of ether oxygens (including phenoxy) is 2. The number of aryl methyl sites for hydroxylation is 1. The molecule has 0 radical (unpaired) electrons. The second-order valence-corrected chi connectivity index (χ2v) is 6.04. The fourth-order valence-corrected chi connectivity index (χ4v) is 3.10. The summed E-state index contributed by atoms with van der Waals surface area (Å²) >= 11 is 0. The van der Waals surface area contributed by atoms with E-state index in [0.717, 1.165) is 41.6 Å². The lowest BCUT2D eigenvalue weighted by Crippen LogP contribution is -2.26. The Kier molecular flexibility index (Phi) is 4.30. The summed E-state index contributed by atoms with van der Waals surface area (Å²) in [4.78, 5) is 2.26. The predicted octanol–water partition coefficient (Wildman–Crippen LogP) is 5.57. The first-order chi connectivity index (χ1) is 12.3. The van der Waals surface area contributed by atoms with E-state index >= 15 is 0 Å². The average Bonchev–Trinajstić information content (AvgIpc) is 2.68. The number of para-hydroxylation sites is 4. The molecule has 4 rings (SSSR count). The van der Waals surface area contributed by atoms with Crippen molar-refractivity contribution in [2.75, 3.05) is 18.1 Å². The fraction of sp³-hybridized carbons (Fsp3) is 0.182. The summed E-state index contributed by atoms with van der Waals surface area (Å²) in [6.45, 7) is 3.52. The third-order valence-corrected chi connectivity index (χ3v) is 4.45. The van der Waals surface area contributed by atoms with Crippen LogP contribution in [0.15, 0.2) is 72.8 Å². The Morgan fingerprint density at radius 3 is 2.00 bits per heavy atom. The minimum absolute atomic E-state index is 0.605. The van der Waals surface area contributed by atoms with E-state index in [1.807, 2.05) is 48.5 Å². The first-order valence-corrected chi connectivity index (χ1v) is 8.70. The maximum absolute atomic E-state index is 6.02. The molecule has 3 nitrogen and oxygen atoms in total. The minimum Gasteiger partial charge on any atom is -0.492 e. The molecule has 126 valence electrons. The lowest BCUT2D eigenvalue weighted by Gasteiger charge is -2.32. The smallest absolute Gasteiger partial charge is 0.151 e. The molecular formula is C22H21NO2. The Morgan fingerprint density at radius 2 is 1.40 bits per heavy atom. The highest BCUT2D eigenvalue weighted by Crippen LogP contribution is 2.45. The van der Waals surface area contributed by atoms with Gasteiger partial charge in [0.15, 0.2) is 11.5 Å². The molecule has 0 bridgehead atoms. The van der Waals surface area contributed by atoms with Gasteiger partial charge in [0.25, 0.3) is 0 Å². The first kappa shape index (κ1) is 15.6. The summed E-state index contributed by atoms with van der Waals surface area (Å²) in [6.07, 6.45) is 1.04. The summed E-state index contributed by atoms with van der Waals surface area (Å²) in [5, 5.41) is 0. The van der Waals surface area contributed by atoms with Gasteiger partial charge >= 0.3 is 0 Å². The topological polar surface area (TPSA) is 21.7 Å². The highest BCUT2D eigenvalue weighted by atomic mass is 16.5. The van der Waals surface area contributed by atoms with E-state index in [1.165, 1.54) is 5.56 Å². The SMILES string of the molecule is CCc1ccc(OCCN2c3ccccc3Oc3ccccc32)cc1. The molecule has 0 aliphatic carbocycles. The number of benzene rings is 3. The van der Waals surface area contributed by atoms with Gasteiger partial charge in [-0.15, -0.1) is 0 Å². The van der Waals surface area contributed by atoms with Gasteiger partial charge in [-0.2, -0.15) is 0 Å². The van der Waals surface area contributed by atoms with Crippen molar-refractivity contribution in [3.05, 3.63) is 78.4 Å². The Labute approximate surface area is 148 Å². The molecule has 3 heteroatoms. The first-order valence-electron chi connectivity index (χ1n) is 8.70. The number of nitrogens with zero attached hydrogens (tertiary/aromatic N) is 1. The summed E-state index contributed by atoms with van der Waals surface area (Å²) in [5.74, 6) is 2.68. The van der Waals surface area contributed by atoms with Crippen LogP contribution in [-0.4, -0.2) is 13.2 Å². The van der Waals surface area contributed by atoms with E-state index in [4.69, 9.17) is 9.47 Å². The van der Waals surface area contributed by atoms with Crippen LogP contribution in [0, 0.1) is 0 Å². The van der Waals surface area contributed by atoms with Crippen molar-refractivity contribution in [1.82, 2.24) is 0 Å². The highest BCUT2D eigenvalue weighted by Gasteiger charge is 2.23. The molecule has 3 aromatic rings. The average molecular weight is 331 g/mol. The molecule has 0 saturated heterocycles. The molecule has 3 aromatic carbocycles. The highest BCUT2D eigenvalue weighted by molar-refractivity contribution is 5.77. The Morgan fingerprint density at radius 1 is 0.800 bits per heavy atom. The van der Waals surface area contributed by atoms with Crippen molar-refractivity contribution >= 4 is 11.4 Å². The summed E-state index contributed by atoms with van der Waals surface area (Å²) in [5.41, 5.74) is 3.47. The van der Waals surface area contributed by atoms with Gasteiger partial charge in [-0.1, -0.05) is 43.3 Å². The van der Waals surface area contributed by atoms with E-state index in [0.29, 0.717) is 6.61 Å². The van der Waals surface area contributed by atoms with Crippen LogP contribution < -0.4 is 14.4 Å². The van der Waals surface area contributed by atoms with Crippen molar-refractivity contribution in [3.63, 3.8) is 0 Å². The number of hydrogen-bond acceptors (Lipinski definition) is 3. The van der Waals surface area contributed by atoms with Crippen molar-refractivity contribution in [3.8, 4) is 17.2 Å². The van der Waals surface area contributed by atoms with Gasteiger partial charge in [0.2, 0.25) is 0 Å². The number of fused-ring (bicyclic) bond motifs is 2. The van der Waals surface area contributed by atoms with Crippen molar-refractivity contribution in [2.24, 2.45) is 0 Å². The fourth-order valence-electron chi connectivity index (χ4n) is 3.10. The number of hydrogen-bond donors (Lipinski definition) is 0. The quantitative estimate of drug-likeness (QED) is 0.610. The normalized spacial score (nSPS) is 12.1. The molecule has 0 amide bonds. The van der Waals surface area contributed by atoms with E-state index in [-0.39, 0.29) is 0 Å². The van der Waals surface area contributed by atoms with E-state index < -0.39 is 0 Å². The predicted molar refractivity (Wildman–Crippen MR) is 101 cm³/mol.